The van der Waals surface area contributed by atoms with Gasteiger partial charge in [-0.25, -0.2) is 0 Å². The molecule has 1 fully saturated rings. The lowest BCUT2D eigenvalue weighted by molar-refractivity contribution is -0.132. The number of amides is 2. The molecule has 2 aromatic rings. The van der Waals surface area contributed by atoms with Crippen molar-refractivity contribution in [3.05, 3.63) is 60.1 Å². The molecule has 1 aromatic heterocycles. The number of rotatable bonds is 5. The van der Waals surface area contributed by atoms with Gasteiger partial charge < -0.3 is 14.6 Å². The van der Waals surface area contributed by atoms with Crippen molar-refractivity contribution in [3.63, 3.8) is 0 Å². The van der Waals surface area contributed by atoms with Crippen molar-refractivity contribution < 1.29 is 14.0 Å². The molecule has 1 aromatic carbocycles. The quantitative estimate of drug-likeness (QED) is 0.917. The molecule has 2 heterocycles. The normalized spacial score (nSPS) is 15.8. The second kappa shape index (κ2) is 6.70. The average molecular weight is 316 g/mol. The molecular weight excluding hydrogens is 300 g/mol. The number of benzene rings is 1. The molecular formula is C16H16N2O3S. The summed E-state index contributed by atoms with van der Waals surface area (Å²) in [4.78, 5) is 25.4. The van der Waals surface area contributed by atoms with Crippen LogP contribution >= 0.6 is 11.8 Å². The van der Waals surface area contributed by atoms with Crippen LogP contribution in [-0.2, 0) is 9.59 Å². The van der Waals surface area contributed by atoms with Gasteiger partial charge in [0.1, 0.15) is 18.3 Å². The van der Waals surface area contributed by atoms with E-state index in [2.05, 4.69) is 5.32 Å². The van der Waals surface area contributed by atoms with Crippen molar-refractivity contribution in [2.75, 3.05) is 18.2 Å². The van der Waals surface area contributed by atoms with Crippen molar-refractivity contribution in [3.8, 4) is 0 Å². The van der Waals surface area contributed by atoms with Crippen molar-refractivity contribution in [2.24, 2.45) is 0 Å². The highest BCUT2D eigenvalue weighted by molar-refractivity contribution is 8.00. The number of carbonyl (C=O) groups excluding carboxylic acids is 2. The Kier molecular flexibility index (Phi) is 4.48. The summed E-state index contributed by atoms with van der Waals surface area (Å²) in [6.07, 6.45) is 1.58. The fraction of sp³-hybridized carbons (Fsp3) is 0.250. The Morgan fingerprint density at radius 1 is 1.27 bits per heavy atom. The summed E-state index contributed by atoms with van der Waals surface area (Å²) in [6.45, 7) is 0.0792. The van der Waals surface area contributed by atoms with Gasteiger partial charge in [-0.1, -0.05) is 30.3 Å². The standard InChI is InChI=1S/C16H16N2O3S/c19-14(9-18-11-22-10-15(18)20)17-16(13-7-4-8-21-13)12-5-2-1-3-6-12/h1-8,16H,9-11H2,(H,17,19)/t16-/m0/s1. The highest BCUT2D eigenvalue weighted by atomic mass is 32.2. The Hall–Kier alpha value is -2.21. The fourth-order valence-electron chi connectivity index (χ4n) is 2.34. The van der Waals surface area contributed by atoms with Crippen molar-refractivity contribution in [1.29, 1.82) is 0 Å². The Labute approximate surface area is 132 Å². The summed E-state index contributed by atoms with van der Waals surface area (Å²) >= 11 is 1.52. The third kappa shape index (κ3) is 3.33. The van der Waals surface area contributed by atoms with Crippen LogP contribution in [0.15, 0.2) is 53.1 Å². The Morgan fingerprint density at radius 3 is 2.73 bits per heavy atom. The number of nitrogens with zero attached hydrogens (tertiary/aromatic N) is 1. The van der Waals surface area contributed by atoms with E-state index in [0.29, 0.717) is 17.4 Å². The SMILES string of the molecule is O=C(CN1CSCC1=O)N[C@@H](c1ccccc1)c1ccco1. The van der Waals surface area contributed by atoms with Crippen molar-refractivity contribution in [1.82, 2.24) is 10.2 Å². The first-order valence-electron chi connectivity index (χ1n) is 6.97. The third-order valence-corrected chi connectivity index (χ3v) is 4.37. The van der Waals surface area contributed by atoms with Gasteiger partial charge in [-0.2, -0.15) is 0 Å². The highest BCUT2D eigenvalue weighted by Crippen LogP contribution is 2.22. The molecule has 0 spiro atoms. The third-order valence-electron chi connectivity index (χ3n) is 3.43. The Balaban J connectivity index is 1.73. The van der Waals surface area contributed by atoms with Crippen LogP contribution in [0.2, 0.25) is 0 Å². The van der Waals surface area contributed by atoms with E-state index in [1.165, 1.54) is 11.8 Å². The zero-order valence-corrected chi connectivity index (χ0v) is 12.7. The summed E-state index contributed by atoms with van der Waals surface area (Å²) in [5, 5.41) is 2.95. The van der Waals surface area contributed by atoms with Gasteiger partial charge in [0.2, 0.25) is 11.8 Å². The molecule has 3 rings (SSSR count). The average Bonchev–Trinajstić information content (AvgIpc) is 3.18. The van der Waals surface area contributed by atoms with Crippen LogP contribution < -0.4 is 5.32 Å². The van der Waals surface area contributed by atoms with Crippen LogP contribution in [0.4, 0.5) is 0 Å². The number of furan rings is 1. The van der Waals surface area contributed by atoms with Gasteiger partial charge in [0.15, 0.2) is 0 Å². The molecule has 0 aliphatic carbocycles. The summed E-state index contributed by atoms with van der Waals surface area (Å²) < 4.78 is 5.44. The van der Waals surface area contributed by atoms with Gasteiger partial charge in [-0.3, -0.25) is 9.59 Å². The minimum atomic E-state index is -0.353. The predicted molar refractivity (Wildman–Crippen MR) is 84.2 cm³/mol. The molecule has 0 bridgehead atoms. The van der Waals surface area contributed by atoms with Crippen LogP contribution in [0.1, 0.15) is 17.4 Å². The molecule has 1 saturated heterocycles. The maximum absolute atomic E-state index is 12.3. The van der Waals surface area contributed by atoms with Crippen molar-refractivity contribution in [2.45, 2.75) is 6.04 Å². The first kappa shape index (κ1) is 14.7. The van der Waals surface area contributed by atoms with Crippen LogP contribution in [0.3, 0.4) is 0 Å². The molecule has 0 unspecified atom stereocenters. The second-order valence-electron chi connectivity index (χ2n) is 5.00. The topological polar surface area (TPSA) is 62.6 Å². The van der Waals surface area contributed by atoms with Gasteiger partial charge in [0, 0.05) is 0 Å². The van der Waals surface area contributed by atoms with Crippen LogP contribution in [-0.4, -0.2) is 34.9 Å². The Morgan fingerprint density at radius 2 is 2.09 bits per heavy atom. The molecule has 114 valence electrons. The number of nitrogens with one attached hydrogen (secondary N) is 1. The number of hydrogen-bond acceptors (Lipinski definition) is 4. The van der Waals surface area contributed by atoms with Gasteiger partial charge in [-0.15, -0.1) is 11.8 Å². The highest BCUT2D eigenvalue weighted by Gasteiger charge is 2.25. The van der Waals surface area contributed by atoms with E-state index in [9.17, 15) is 9.59 Å². The first-order valence-corrected chi connectivity index (χ1v) is 8.13. The van der Waals surface area contributed by atoms with E-state index in [-0.39, 0.29) is 24.4 Å². The lowest BCUT2D eigenvalue weighted by Gasteiger charge is -2.20. The molecule has 0 saturated carbocycles. The maximum Gasteiger partial charge on any atom is 0.240 e. The molecule has 1 atom stereocenters. The second-order valence-corrected chi connectivity index (χ2v) is 5.95. The summed E-state index contributed by atoms with van der Waals surface area (Å²) in [5.74, 6) is 1.51. The molecule has 5 nitrogen and oxygen atoms in total. The number of thioether (sulfide) groups is 1. The molecule has 0 radical (unpaired) electrons. The molecule has 1 aliphatic rings. The molecule has 6 heteroatoms. The van der Waals surface area contributed by atoms with Crippen LogP contribution in [0.25, 0.3) is 0 Å². The summed E-state index contributed by atoms with van der Waals surface area (Å²) in [6, 6.07) is 12.9. The van der Waals surface area contributed by atoms with Gasteiger partial charge >= 0.3 is 0 Å². The smallest absolute Gasteiger partial charge is 0.240 e. The lowest BCUT2D eigenvalue weighted by Crippen LogP contribution is -2.39. The monoisotopic (exact) mass is 316 g/mol. The molecule has 1 N–H and O–H groups in total. The van der Waals surface area contributed by atoms with E-state index >= 15 is 0 Å². The van der Waals surface area contributed by atoms with Crippen LogP contribution in [0.5, 0.6) is 0 Å². The minimum Gasteiger partial charge on any atom is -0.467 e. The number of hydrogen-bond donors (Lipinski definition) is 1. The Bertz CT molecular complexity index is 643. The summed E-state index contributed by atoms with van der Waals surface area (Å²) in [7, 11) is 0. The minimum absolute atomic E-state index is 0.00871. The largest absolute Gasteiger partial charge is 0.467 e. The zero-order valence-electron chi connectivity index (χ0n) is 11.9. The molecule has 2 amide bonds. The fourth-order valence-corrected chi connectivity index (χ4v) is 3.24. The zero-order chi connectivity index (χ0) is 15.4. The van der Waals surface area contributed by atoms with E-state index < -0.39 is 0 Å². The van der Waals surface area contributed by atoms with E-state index in [0.717, 1.165) is 5.56 Å². The van der Waals surface area contributed by atoms with Gasteiger partial charge in [0.25, 0.3) is 0 Å². The van der Waals surface area contributed by atoms with E-state index in [4.69, 9.17) is 4.42 Å². The van der Waals surface area contributed by atoms with E-state index in [1.807, 2.05) is 36.4 Å². The van der Waals surface area contributed by atoms with E-state index in [1.54, 1.807) is 17.2 Å². The predicted octanol–water partition coefficient (Wildman–Crippen LogP) is 2.02. The lowest BCUT2D eigenvalue weighted by atomic mass is 10.0. The maximum atomic E-state index is 12.3. The van der Waals surface area contributed by atoms with Crippen molar-refractivity contribution >= 4 is 23.6 Å². The van der Waals surface area contributed by atoms with Crippen LogP contribution in [0, 0.1) is 0 Å². The van der Waals surface area contributed by atoms with Gasteiger partial charge in [-0.05, 0) is 17.7 Å². The molecule has 22 heavy (non-hydrogen) atoms. The van der Waals surface area contributed by atoms with Gasteiger partial charge in [0.05, 0.1) is 17.9 Å². The first-order chi connectivity index (χ1) is 10.7. The number of carbonyl (C=O) groups is 2. The molecule has 1 aliphatic heterocycles. The summed E-state index contributed by atoms with van der Waals surface area (Å²) in [5.41, 5.74) is 0.938.